The van der Waals surface area contributed by atoms with E-state index in [0.717, 1.165) is 5.56 Å². The van der Waals surface area contributed by atoms with Crippen LogP contribution in [0.15, 0.2) is 30.3 Å². The van der Waals surface area contributed by atoms with Crippen molar-refractivity contribution in [1.29, 1.82) is 0 Å². The van der Waals surface area contributed by atoms with Gasteiger partial charge >= 0.3 is 0 Å². The van der Waals surface area contributed by atoms with Gasteiger partial charge in [0, 0.05) is 0 Å². The van der Waals surface area contributed by atoms with Crippen LogP contribution in [0.3, 0.4) is 0 Å². The minimum atomic E-state index is -0.470. The van der Waals surface area contributed by atoms with E-state index >= 15 is 0 Å². The van der Waals surface area contributed by atoms with Crippen molar-refractivity contribution < 1.29 is 5.11 Å². The highest BCUT2D eigenvalue weighted by molar-refractivity contribution is 5.19. The molecule has 0 bridgehead atoms. The van der Waals surface area contributed by atoms with E-state index in [-0.39, 0.29) is 12.0 Å². The van der Waals surface area contributed by atoms with Crippen molar-refractivity contribution in [3.05, 3.63) is 35.9 Å². The highest BCUT2D eigenvalue weighted by atomic mass is 16.3. The number of rotatable bonds is 3. The molecule has 2 heteroatoms. The lowest BCUT2D eigenvalue weighted by Crippen LogP contribution is -2.30. The number of aliphatic hydroxyl groups excluding tert-OH is 1. The van der Waals surface area contributed by atoms with Gasteiger partial charge in [-0.3, -0.25) is 0 Å². The minimum Gasteiger partial charge on any atom is -0.391 e. The Kier molecular flexibility index (Phi) is 3.46. The third-order valence-corrected chi connectivity index (χ3v) is 2.24. The van der Waals surface area contributed by atoms with Crippen molar-refractivity contribution in [1.82, 2.24) is 0 Å². The van der Waals surface area contributed by atoms with E-state index < -0.39 is 6.10 Å². The fourth-order valence-corrected chi connectivity index (χ4v) is 1.29. The average Bonchev–Trinajstić information content (AvgIpc) is 2.17. The van der Waals surface area contributed by atoms with Crippen LogP contribution in [0, 0.1) is 5.92 Å². The van der Waals surface area contributed by atoms with Crippen LogP contribution in [0.4, 0.5) is 0 Å². The molecule has 0 fully saturated rings. The van der Waals surface area contributed by atoms with Crippen LogP contribution in [0.5, 0.6) is 0 Å². The van der Waals surface area contributed by atoms with E-state index in [0.29, 0.717) is 0 Å². The Hall–Kier alpha value is -0.860. The van der Waals surface area contributed by atoms with Crippen LogP contribution in [0.1, 0.15) is 25.5 Å². The van der Waals surface area contributed by atoms with Crippen LogP contribution >= 0.6 is 0 Å². The molecule has 13 heavy (non-hydrogen) atoms. The summed E-state index contributed by atoms with van der Waals surface area (Å²) in [5, 5.41) is 9.72. The second-order valence-corrected chi connectivity index (χ2v) is 3.67. The van der Waals surface area contributed by atoms with Gasteiger partial charge in [0.1, 0.15) is 0 Å². The van der Waals surface area contributed by atoms with E-state index in [9.17, 15) is 5.11 Å². The lowest BCUT2D eigenvalue weighted by Gasteiger charge is -2.22. The molecular weight excluding hydrogens is 162 g/mol. The quantitative estimate of drug-likeness (QED) is 0.742. The van der Waals surface area contributed by atoms with E-state index in [2.05, 4.69) is 0 Å². The third-order valence-electron chi connectivity index (χ3n) is 2.24. The summed E-state index contributed by atoms with van der Waals surface area (Å²) >= 11 is 0. The van der Waals surface area contributed by atoms with Crippen molar-refractivity contribution >= 4 is 0 Å². The van der Waals surface area contributed by atoms with Gasteiger partial charge in [-0.05, 0) is 11.5 Å². The normalized spacial score (nSPS) is 15.8. The van der Waals surface area contributed by atoms with Gasteiger partial charge in [0.15, 0.2) is 0 Å². The number of hydrogen-bond acceptors (Lipinski definition) is 2. The van der Waals surface area contributed by atoms with Crippen LogP contribution in [0.2, 0.25) is 0 Å². The van der Waals surface area contributed by atoms with Gasteiger partial charge in [0.05, 0.1) is 12.1 Å². The first-order chi connectivity index (χ1) is 6.13. The lowest BCUT2D eigenvalue weighted by molar-refractivity contribution is 0.0979. The Morgan fingerprint density at radius 2 is 1.69 bits per heavy atom. The average molecular weight is 179 g/mol. The fourth-order valence-electron chi connectivity index (χ4n) is 1.29. The van der Waals surface area contributed by atoms with Gasteiger partial charge in [-0.1, -0.05) is 44.2 Å². The molecule has 0 heterocycles. The first-order valence-corrected chi connectivity index (χ1v) is 4.61. The van der Waals surface area contributed by atoms with Crippen LogP contribution < -0.4 is 5.73 Å². The zero-order valence-corrected chi connectivity index (χ0v) is 8.14. The lowest BCUT2D eigenvalue weighted by atomic mass is 9.95. The maximum atomic E-state index is 9.72. The summed E-state index contributed by atoms with van der Waals surface area (Å²) in [6.45, 7) is 3.93. The Bertz CT molecular complexity index is 246. The molecule has 0 saturated heterocycles. The molecular formula is C11H17NO. The van der Waals surface area contributed by atoms with Crippen LogP contribution in [-0.4, -0.2) is 11.2 Å². The Balaban J connectivity index is 2.73. The molecule has 0 radical (unpaired) electrons. The number of aliphatic hydroxyl groups is 1. The maximum absolute atomic E-state index is 9.72. The maximum Gasteiger partial charge on any atom is 0.0755 e. The molecule has 1 aromatic carbocycles. The first kappa shape index (κ1) is 10.2. The van der Waals surface area contributed by atoms with Gasteiger partial charge in [0.2, 0.25) is 0 Å². The molecule has 2 atom stereocenters. The van der Waals surface area contributed by atoms with Crippen molar-refractivity contribution in [3.8, 4) is 0 Å². The summed E-state index contributed by atoms with van der Waals surface area (Å²) in [6.07, 6.45) is -0.470. The van der Waals surface area contributed by atoms with Crippen molar-refractivity contribution in [2.45, 2.75) is 26.0 Å². The van der Waals surface area contributed by atoms with E-state index in [1.807, 2.05) is 44.2 Å². The minimum absolute atomic E-state index is 0.190. The van der Waals surface area contributed by atoms with E-state index in [4.69, 9.17) is 5.73 Å². The molecule has 1 rings (SSSR count). The number of nitrogens with two attached hydrogens (primary N) is 1. The monoisotopic (exact) mass is 179 g/mol. The molecule has 2 nitrogen and oxygen atoms in total. The molecule has 0 aliphatic carbocycles. The summed E-state index contributed by atoms with van der Waals surface area (Å²) in [6, 6.07) is 9.41. The largest absolute Gasteiger partial charge is 0.391 e. The van der Waals surface area contributed by atoms with Crippen LogP contribution in [0.25, 0.3) is 0 Å². The second kappa shape index (κ2) is 4.40. The van der Waals surface area contributed by atoms with Gasteiger partial charge in [-0.15, -0.1) is 0 Å². The Morgan fingerprint density at radius 1 is 1.15 bits per heavy atom. The molecule has 1 aromatic rings. The first-order valence-electron chi connectivity index (χ1n) is 4.61. The molecule has 3 N–H and O–H groups in total. The van der Waals surface area contributed by atoms with Crippen molar-refractivity contribution in [3.63, 3.8) is 0 Å². The molecule has 0 aromatic heterocycles. The van der Waals surface area contributed by atoms with E-state index in [1.54, 1.807) is 0 Å². The Labute approximate surface area is 79.4 Å². The molecule has 72 valence electrons. The SMILES string of the molecule is CC(C)[C@@H](O)[C@@H](N)c1ccccc1. The molecule has 0 saturated carbocycles. The van der Waals surface area contributed by atoms with Gasteiger partial charge in [-0.2, -0.15) is 0 Å². The third kappa shape index (κ3) is 2.54. The highest BCUT2D eigenvalue weighted by Gasteiger charge is 2.19. The highest BCUT2D eigenvalue weighted by Crippen LogP contribution is 2.18. The number of hydrogen-bond donors (Lipinski definition) is 2. The second-order valence-electron chi connectivity index (χ2n) is 3.67. The predicted octanol–water partition coefficient (Wildman–Crippen LogP) is 1.70. The van der Waals surface area contributed by atoms with Crippen molar-refractivity contribution in [2.24, 2.45) is 11.7 Å². The van der Waals surface area contributed by atoms with E-state index in [1.165, 1.54) is 0 Å². The molecule has 0 aliphatic rings. The standard InChI is InChI=1S/C11H17NO/c1-8(2)11(13)10(12)9-6-4-3-5-7-9/h3-8,10-11,13H,12H2,1-2H3/t10-,11+/m0/s1. The summed E-state index contributed by atoms with van der Waals surface area (Å²) < 4.78 is 0. The van der Waals surface area contributed by atoms with Crippen LogP contribution in [-0.2, 0) is 0 Å². The van der Waals surface area contributed by atoms with Crippen molar-refractivity contribution in [2.75, 3.05) is 0 Å². The molecule has 0 unspecified atom stereocenters. The summed E-state index contributed by atoms with van der Waals surface area (Å²) in [4.78, 5) is 0. The summed E-state index contributed by atoms with van der Waals surface area (Å²) in [5.74, 6) is 0.190. The zero-order valence-electron chi connectivity index (χ0n) is 8.14. The molecule has 0 aliphatic heterocycles. The zero-order chi connectivity index (χ0) is 9.84. The fraction of sp³-hybridized carbons (Fsp3) is 0.455. The summed E-state index contributed by atoms with van der Waals surface area (Å²) in [7, 11) is 0. The van der Waals surface area contributed by atoms with Gasteiger partial charge in [-0.25, -0.2) is 0 Å². The number of benzene rings is 1. The molecule has 0 amide bonds. The van der Waals surface area contributed by atoms with Gasteiger partial charge in [0.25, 0.3) is 0 Å². The Morgan fingerprint density at radius 3 is 2.15 bits per heavy atom. The summed E-state index contributed by atoms with van der Waals surface area (Å²) in [5.41, 5.74) is 6.88. The smallest absolute Gasteiger partial charge is 0.0755 e. The topological polar surface area (TPSA) is 46.2 Å². The predicted molar refractivity (Wildman–Crippen MR) is 54.2 cm³/mol. The molecule has 0 spiro atoms. The van der Waals surface area contributed by atoms with Gasteiger partial charge < -0.3 is 10.8 Å².